The maximum atomic E-state index is 9.90. The van der Waals surface area contributed by atoms with Gasteiger partial charge < -0.3 is 10.4 Å². The van der Waals surface area contributed by atoms with Crippen LogP contribution in [0.5, 0.6) is 0 Å². The van der Waals surface area contributed by atoms with Gasteiger partial charge in [0.2, 0.25) is 0 Å². The van der Waals surface area contributed by atoms with E-state index in [0.717, 1.165) is 12.8 Å². The number of rotatable bonds is 3. The van der Waals surface area contributed by atoms with Crippen LogP contribution in [0.4, 0.5) is 0 Å². The number of hydrogen-bond acceptors (Lipinski definition) is 2. The highest BCUT2D eigenvalue weighted by Crippen LogP contribution is 2.21. The molecule has 1 saturated carbocycles. The van der Waals surface area contributed by atoms with Gasteiger partial charge in [-0.05, 0) is 25.3 Å². The summed E-state index contributed by atoms with van der Waals surface area (Å²) in [5, 5.41) is 13.4. The van der Waals surface area contributed by atoms with E-state index >= 15 is 0 Å². The molecule has 0 radical (unpaired) electrons. The van der Waals surface area contributed by atoms with E-state index in [1.807, 2.05) is 6.07 Å². The zero-order valence-corrected chi connectivity index (χ0v) is 9.89. The van der Waals surface area contributed by atoms with Crippen LogP contribution in [0, 0.1) is 0 Å². The van der Waals surface area contributed by atoms with Gasteiger partial charge >= 0.3 is 0 Å². The van der Waals surface area contributed by atoms with Crippen LogP contribution < -0.4 is 5.32 Å². The highest BCUT2D eigenvalue weighted by molar-refractivity contribution is 5.18. The van der Waals surface area contributed by atoms with Crippen molar-refractivity contribution in [3.05, 3.63) is 35.9 Å². The number of nitrogens with one attached hydrogen (secondary N) is 1. The van der Waals surface area contributed by atoms with Gasteiger partial charge in [0.05, 0.1) is 6.10 Å². The molecule has 2 heteroatoms. The smallest absolute Gasteiger partial charge is 0.0693 e. The molecular formula is C14H21NO. The van der Waals surface area contributed by atoms with Crippen molar-refractivity contribution in [3.63, 3.8) is 0 Å². The summed E-state index contributed by atoms with van der Waals surface area (Å²) in [6.07, 6.45) is 4.27. The number of benzene rings is 1. The van der Waals surface area contributed by atoms with E-state index in [9.17, 15) is 5.11 Å². The summed E-state index contributed by atoms with van der Waals surface area (Å²) in [6.45, 7) is 2.16. The monoisotopic (exact) mass is 219 g/mol. The van der Waals surface area contributed by atoms with Crippen LogP contribution in [-0.4, -0.2) is 17.3 Å². The molecule has 16 heavy (non-hydrogen) atoms. The van der Waals surface area contributed by atoms with E-state index < -0.39 is 0 Å². The quantitative estimate of drug-likeness (QED) is 0.819. The Labute approximate surface area is 97.7 Å². The van der Waals surface area contributed by atoms with E-state index in [1.165, 1.54) is 18.4 Å². The summed E-state index contributed by atoms with van der Waals surface area (Å²) in [4.78, 5) is 0. The summed E-state index contributed by atoms with van der Waals surface area (Å²) in [7, 11) is 0. The first-order chi connectivity index (χ1) is 7.77. The molecule has 1 aromatic rings. The molecule has 0 amide bonds. The second kappa shape index (κ2) is 5.46. The maximum absolute atomic E-state index is 9.90. The Hall–Kier alpha value is -0.860. The van der Waals surface area contributed by atoms with Gasteiger partial charge in [0.15, 0.2) is 0 Å². The normalized spacial score (nSPS) is 27.6. The Bertz CT molecular complexity index is 312. The van der Waals surface area contributed by atoms with Gasteiger partial charge in [-0.1, -0.05) is 43.2 Å². The molecule has 2 nitrogen and oxygen atoms in total. The predicted octanol–water partition coefficient (Wildman–Crippen LogP) is 2.64. The second-order valence-corrected chi connectivity index (χ2v) is 4.76. The lowest BCUT2D eigenvalue weighted by molar-refractivity contribution is 0.0860. The molecular weight excluding hydrogens is 198 g/mol. The fourth-order valence-electron chi connectivity index (χ4n) is 2.46. The molecule has 0 spiro atoms. The topological polar surface area (TPSA) is 32.3 Å². The van der Waals surface area contributed by atoms with Crippen LogP contribution in [-0.2, 0) is 0 Å². The van der Waals surface area contributed by atoms with Crippen LogP contribution in [0.1, 0.15) is 44.2 Å². The van der Waals surface area contributed by atoms with Crippen LogP contribution >= 0.6 is 0 Å². The van der Waals surface area contributed by atoms with Gasteiger partial charge in [-0.25, -0.2) is 0 Å². The Morgan fingerprint density at radius 2 is 1.88 bits per heavy atom. The average Bonchev–Trinajstić information content (AvgIpc) is 2.33. The standard InChI is InChI=1S/C14H21NO/c1-11(12-7-3-2-4-8-12)15-13-9-5-6-10-14(13)16/h2-4,7-8,11,13-16H,5-6,9-10H2,1H3/t11?,13?,14-/m0/s1. The van der Waals surface area contributed by atoms with Crippen molar-refractivity contribution in [2.24, 2.45) is 0 Å². The molecule has 0 heterocycles. The third kappa shape index (κ3) is 2.83. The predicted molar refractivity (Wildman–Crippen MR) is 66.3 cm³/mol. The summed E-state index contributed by atoms with van der Waals surface area (Å²) in [5.74, 6) is 0. The fraction of sp³-hybridized carbons (Fsp3) is 0.571. The summed E-state index contributed by atoms with van der Waals surface area (Å²) >= 11 is 0. The second-order valence-electron chi connectivity index (χ2n) is 4.76. The van der Waals surface area contributed by atoms with Crippen LogP contribution in [0.3, 0.4) is 0 Å². The molecule has 88 valence electrons. The summed E-state index contributed by atoms with van der Waals surface area (Å²) < 4.78 is 0. The van der Waals surface area contributed by atoms with Crippen molar-refractivity contribution in [3.8, 4) is 0 Å². The van der Waals surface area contributed by atoms with Gasteiger partial charge in [0.25, 0.3) is 0 Å². The number of aliphatic hydroxyl groups excluding tert-OH is 1. The van der Waals surface area contributed by atoms with E-state index in [1.54, 1.807) is 0 Å². The molecule has 0 aromatic heterocycles. The van der Waals surface area contributed by atoms with E-state index in [4.69, 9.17) is 0 Å². The van der Waals surface area contributed by atoms with Crippen LogP contribution in [0.2, 0.25) is 0 Å². The van der Waals surface area contributed by atoms with Crippen molar-refractivity contribution in [1.29, 1.82) is 0 Å². The molecule has 1 fully saturated rings. The maximum Gasteiger partial charge on any atom is 0.0693 e. The molecule has 0 saturated heterocycles. The van der Waals surface area contributed by atoms with Gasteiger partial charge in [-0.2, -0.15) is 0 Å². The fourth-order valence-corrected chi connectivity index (χ4v) is 2.46. The number of aliphatic hydroxyl groups is 1. The van der Waals surface area contributed by atoms with Crippen LogP contribution in [0.15, 0.2) is 30.3 Å². The zero-order valence-electron chi connectivity index (χ0n) is 9.89. The van der Waals surface area contributed by atoms with Gasteiger partial charge in [0, 0.05) is 12.1 Å². The van der Waals surface area contributed by atoms with Gasteiger partial charge in [-0.3, -0.25) is 0 Å². The highest BCUT2D eigenvalue weighted by Gasteiger charge is 2.24. The molecule has 2 rings (SSSR count). The third-order valence-corrected chi connectivity index (χ3v) is 3.49. The molecule has 2 unspecified atom stereocenters. The molecule has 0 bridgehead atoms. The van der Waals surface area contributed by atoms with Crippen molar-refractivity contribution >= 4 is 0 Å². The first-order valence-corrected chi connectivity index (χ1v) is 6.26. The van der Waals surface area contributed by atoms with E-state index in [2.05, 4.69) is 36.5 Å². The Morgan fingerprint density at radius 3 is 2.56 bits per heavy atom. The summed E-state index contributed by atoms with van der Waals surface area (Å²) in [6, 6.07) is 11.0. The first kappa shape index (κ1) is 11.6. The van der Waals surface area contributed by atoms with E-state index in [0.29, 0.717) is 6.04 Å². The lowest BCUT2D eigenvalue weighted by Crippen LogP contribution is -2.43. The highest BCUT2D eigenvalue weighted by atomic mass is 16.3. The SMILES string of the molecule is CC(NC1CCCC[C@@H]1O)c1ccccc1. The Kier molecular flexibility index (Phi) is 3.97. The molecule has 1 aliphatic rings. The number of hydrogen-bond donors (Lipinski definition) is 2. The Morgan fingerprint density at radius 1 is 1.19 bits per heavy atom. The lowest BCUT2D eigenvalue weighted by atomic mass is 9.91. The molecule has 0 aliphatic heterocycles. The minimum atomic E-state index is -0.167. The van der Waals surface area contributed by atoms with Crippen molar-refractivity contribution < 1.29 is 5.11 Å². The first-order valence-electron chi connectivity index (χ1n) is 6.26. The molecule has 1 aliphatic carbocycles. The van der Waals surface area contributed by atoms with Crippen LogP contribution in [0.25, 0.3) is 0 Å². The molecule has 1 aromatic carbocycles. The lowest BCUT2D eigenvalue weighted by Gasteiger charge is -2.31. The minimum absolute atomic E-state index is 0.167. The molecule has 3 atom stereocenters. The van der Waals surface area contributed by atoms with Gasteiger partial charge in [-0.15, -0.1) is 0 Å². The third-order valence-electron chi connectivity index (χ3n) is 3.49. The van der Waals surface area contributed by atoms with Crippen molar-refractivity contribution in [1.82, 2.24) is 5.32 Å². The molecule has 2 N–H and O–H groups in total. The largest absolute Gasteiger partial charge is 0.392 e. The average molecular weight is 219 g/mol. The summed E-state index contributed by atoms with van der Waals surface area (Å²) in [5.41, 5.74) is 1.29. The van der Waals surface area contributed by atoms with Gasteiger partial charge in [0.1, 0.15) is 0 Å². The van der Waals surface area contributed by atoms with Crippen molar-refractivity contribution in [2.75, 3.05) is 0 Å². The van der Waals surface area contributed by atoms with E-state index in [-0.39, 0.29) is 12.1 Å². The zero-order chi connectivity index (χ0) is 11.4. The minimum Gasteiger partial charge on any atom is -0.392 e. The Balaban J connectivity index is 1.94. The van der Waals surface area contributed by atoms with Crippen molar-refractivity contribution in [2.45, 2.75) is 50.8 Å².